The molecule has 0 saturated heterocycles. The molecule has 0 aromatic heterocycles. The molecule has 0 saturated carbocycles. The van der Waals surface area contributed by atoms with E-state index >= 15 is 0 Å². The standard InChI is InChI=1S/C14H23ClN2/c1-4-16-10-7-11-17(3)12(2)13-8-5-6-9-14(13)15/h5-6,8-9,12,16H,4,7,10-11H2,1-3H3. The van der Waals surface area contributed by atoms with Crippen molar-refractivity contribution in [2.45, 2.75) is 26.3 Å². The van der Waals surface area contributed by atoms with E-state index < -0.39 is 0 Å². The van der Waals surface area contributed by atoms with Gasteiger partial charge in [0.05, 0.1) is 0 Å². The molecular weight excluding hydrogens is 232 g/mol. The Morgan fingerprint density at radius 3 is 2.71 bits per heavy atom. The Hall–Kier alpha value is -0.570. The van der Waals surface area contributed by atoms with Crippen LogP contribution < -0.4 is 5.32 Å². The highest BCUT2D eigenvalue weighted by Gasteiger charge is 2.13. The summed E-state index contributed by atoms with van der Waals surface area (Å²) >= 11 is 6.21. The summed E-state index contributed by atoms with van der Waals surface area (Å²) in [6, 6.07) is 8.45. The van der Waals surface area contributed by atoms with Crippen molar-refractivity contribution >= 4 is 11.6 Å². The summed E-state index contributed by atoms with van der Waals surface area (Å²) in [5, 5.41) is 4.20. The predicted octanol–water partition coefficient (Wildman–Crippen LogP) is 3.33. The van der Waals surface area contributed by atoms with Crippen LogP contribution in [0.2, 0.25) is 5.02 Å². The summed E-state index contributed by atoms with van der Waals surface area (Å²) in [5.41, 5.74) is 1.21. The lowest BCUT2D eigenvalue weighted by Gasteiger charge is -2.25. The van der Waals surface area contributed by atoms with Crippen LogP contribution in [-0.4, -0.2) is 31.6 Å². The molecule has 0 bridgehead atoms. The van der Waals surface area contributed by atoms with Crippen LogP contribution in [0.25, 0.3) is 0 Å². The summed E-state index contributed by atoms with van der Waals surface area (Å²) < 4.78 is 0. The van der Waals surface area contributed by atoms with Crippen molar-refractivity contribution in [2.75, 3.05) is 26.7 Å². The smallest absolute Gasteiger partial charge is 0.0453 e. The third-order valence-electron chi connectivity index (χ3n) is 3.13. The molecule has 0 fully saturated rings. The van der Waals surface area contributed by atoms with Crippen molar-refractivity contribution in [3.63, 3.8) is 0 Å². The van der Waals surface area contributed by atoms with Gasteiger partial charge in [-0.15, -0.1) is 0 Å². The van der Waals surface area contributed by atoms with Crippen LogP contribution in [0.15, 0.2) is 24.3 Å². The van der Waals surface area contributed by atoms with Crippen molar-refractivity contribution in [1.82, 2.24) is 10.2 Å². The van der Waals surface area contributed by atoms with E-state index in [4.69, 9.17) is 11.6 Å². The van der Waals surface area contributed by atoms with E-state index in [1.807, 2.05) is 18.2 Å². The minimum absolute atomic E-state index is 0.366. The van der Waals surface area contributed by atoms with Crippen molar-refractivity contribution < 1.29 is 0 Å². The van der Waals surface area contributed by atoms with Crippen LogP contribution in [0.5, 0.6) is 0 Å². The molecule has 0 heterocycles. The van der Waals surface area contributed by atoms with E-state index in [2.05, 4.69) is 37.2 Å². The average molecular weight is 255 g/mol. The van der Waals surface area contributed by atoms with E-state index in [0.29, 0.717) is 6.04 Å². The third-order valence-corrected chi connectivity index (χ3v) is 3.48. The van der Waals surface area contributed by atoms with Crippen LogP contribution in [0, 0.1) is 0 Å². The van der Waals surface area contributed by atoms with Gasteiger partial charge in [0.25, 0.3) is 0 Å². The lowest BCUT2D eigenvalue weighted by Crippen LogP contribution is -2.26. The summed E-state index contributed by atoms with van der Waals surface area (Å²) in [6.07, 6.45) is 1.17. The zero-order valence-corrected chi connectivity index (χ0v) is 11.8. The number of rotatable bonds is 7. The third kappa shape index (κ3) is 4.66. The average Bonchev–Trinajstić information content (AvgIpc) is 2.34. The first-order valence-electron chi connectivity index (χ1n) is 6.32. The van der Waals surface area contributed by atoms with Gasteiger partial charge in [-0.25, -0.2) is 0 Å². The molecule has 1 aromatic rings. The first-order valence-corrected chi connectivity index (χ1v) is 6.70. The van der Waals surface area contributed by atoms with Gasteiger partial charge in [0, 0.05) is 11.1 Å². The largest absolute Gasteiger partial charge is 0.317 e. The molecule has 2 nitrogen and oxygen atoms in total. The van der Waals surface area contributed by atoms with Crippen LogP contribution in [0.3, 0.4) is 0 Å². The monoisotopic (exact) mass is 254 g/mol. The molecule has 0 spiro atoms. The van der Waals surface area contributed by atoms with Crippen LogP contribution in [0.4, 0.5) is 0 Å². The molecule has 1 unspecified atom stereocenters. The Morgan fingerprint density at radius 2 is 2.06 bits per heavy atom. The van der Waals surface area contributed by atoms with Gasteiger partial charge in [0.15, 0.2) is 0 Å². The lowest BCUT2D eigenvalue weighted by molar-refractivity contribution is 0.257. The van der Waals surface area contributed by atoms with Gasteiger partial charge in [-0.05, 0) is 51.7 Å². The maximum Gasteiger partial charge on any atom is 0.0453 e. The molecule has 1 rings (SSSR count). The molecule has 0 amide bonds. The second kappa shape index (κ2) is 7.70. The number of halogens is 1. The molecule has 17 heavy (non-hydrogen) atoms. The van der Waals surface area contributed by atoms with Gasteiger partial charge < -0.3 is 5.32 Å². The summed E-state index contributed by atoms with van der Waals surface area (Å²) in [4.78, 5) is 2.35. The molecule has 3 heteroatoms. The van der Waals surface area contributed by atoms with E-state index in [1.54, 1.807) is 0 Å². The molecule has 0 aliphatic rings. The van der Waals surface area contributed by atoms with E-state index in [1.165, 1.54) is 12.0 Å². The molecule has 96 valence electrons. The number of benzene rings is 1. The van der Waals surface area contributed by atoms with E-state index in [9.17, 15) is 0 Å². The highest BCUT2D eigenvalue weighted by Crippen LogP contribution is 2.25. The highest BCUT2D eigenvalue weighted by molar-refractivity contribution is 6.31. The van der Waals surface area contributed by atoms with Crippen molar-refractivity contribution in [3.8, 4) is 0 Å². The van der Waals surface area contributed by atoms with Crippen molar-refractivity contribution in [3.05, 3.63) is 34.9 Å². The Kier molecular flexibility index (Phi) is 6.56. The molecule has 0 aliphatic carbocycles. The zero-order valence-electron chi connectivity index (χ0n) is 11.0. The second-order valence-corrected chi connectivity index (χ2v) is 4.79. The van der Waals surface area contributed by atoms with Gasteiger partial charge in [-0.1, -0.05) is 36.7 Å². The lowest BCUT2D eigenvalue weighted by atomic mass is 10.1. The predicted molar refractivity (Wildman–Crippen MR) is 75.7 cm³/mol. The number of hydrogen-bond acceptors (Lipinski definition) is 2. The fraction of sp³-hybridized carbons (Fsp3) is 0.571. The van der Waals surface area contributed by atoms with E-state index in [0.717, 1.165) is 24.7 Å². The van der Waals surface area contributed by atoms with Gasteiger partial charge in [0.1, 0.15) is 0 Å². The summed E-state index contributed by atoms with van der Waals surface area (Å²) in [7, 11) is 2.15. The highest BCUT2D eigenvalue weighted by atomic mass is 35.5. The number of hydrogen-bond donors (Lipinski definition) is 1. The first kappa shape index (κ1) is 14.5. The normalized spacial score (nSPS) is 13.0. The Labute approximate surface area is 110 Å². The fourth-order valence-corrected chi connectivity index (χ4v) is 2.17. The minimum atomic E-state index is 0.366. The first-order chi connectivity index (χ1) is 8.16. The molecule has 0 radical (unpaired) electrons. The molecule has 0 aliphatic heterocycles. The Bertz CT molecular complexity index is 328. The molecular formula is C14H23ClN2. The second-order valence-electron chi connectivity index (χ2n) is 4.39. The molecule has 1 N–H and O–H groups in total. The fourth-order valence-electron chi connectivity index (χ4n) is 1.88. The summed E-state index contributed by atoms with van der Waals surface area (Å²) in [5.74, 6) is 0. The Morgan fingerprint density at radius 1 is 1.35 bits per heavy atom. The quantitative estimate of drug-likeness (QED) is 0.751. The number of nitrogens with one attached hydrogen (secondary N) is 1. The van der Waals surface area contributed by atoms with Crippen molar-refractivity contribution in [1.29, 1.82) is 0 Å². The summed E-state index contributed by atoms with van der Waals surface area (Å²) in [6.45, 7) is 7.55. The van der Waals surface area contributed by atoms with Gasteiger partial charge in [-0.2, -0.15) is 0 Å². The minimum Gasteiger partial charge on any atom is -0.317 e. The van der Waals surface area contributed by atoms with Gasteiger partial charge in [0.2, 0.25) is 0 Å². The van der Waals surface area contributed by atoms with Crippen LogP contribution >= 0.6 is 11.6 Å². The SMILES string of the molecule is CCNCCCN(C)C(C)c1ccccc1Cl. The topological polar surface area (TPSA) is 15.3 Å². The van der Waals surface area contributed by atoms with E-state index in [-0.39, 0.29) is 0 Å². The molecule has 1 atom stereocenters. The maximum absolute atomic E-state index is 6.21. The number of nitrogens with zero attached hydrogens (tertiary/aromatic N) is 1. The maximum atomic E-state index is 6.21. The van der Waals surface area contributed by atoms with Crippen molar-refractivity contribution in [2.24, 2.45) is 0 Å². The van der Waals surface area contributed by atoms with Gasteiger partial charge in [-0.3, -0.25) is 4.90 Å². The van der Waals surface area contributed by atoms with Crippen LogP contribution in [0.1, 0.15) is 31.9 Å². The Balaban J connectivity index is 2.46. The van der Waals surface area contributed by atoms with Gasteiger partial charge >= 0.3 is 0 Å². The molecule has 1 aromatic carbocycles. The van der Waals surface area contributed by atoms with Crippen LogP contribution in [-0.2, 0) is 0 Å². The zero-order chi connectivity index (χ0) is 12.7.